The van der Waals surface area contributed by atoms with Crippen LogP contribution in [0.1, 0.15) is 40.7 Å². The van der Waals surface area contributed by atoms with Gasteiger partial charge in [0.1, 0.15) is 6.26 Å². The molecule has 0 spiro atoms. The van der Waals surface area contributed by atoms with Crippen molar-refractivity contribution in [1.29, 1.82) is 0 Å². The van der Waals surface area contributed by atoms with Gasteiger partial charge in [0.15, 0.2) is 11.5 Å². The van der Waals surface area contributed by atoms with Gasteiger partial charge in [0.05, 0.1) is 11.7 Å². The van der Waals surface area contributed by atoms with Gasteiger partial charge < -0.3 is 14.8 Å². The Morgan fingerprint density at radius 2 is 2.23 bits per heavy atom. The number of carbonyl (C=O) groups is 1. The summed E-state index contributed by atoms with van der Waals surface area (Å²) in [5, 5.41) is 12.0. The molecule has 1 saturated carbocycles. The Labute approximate surface area is 126 Å². The molecule has 114 valence electrons. The first-order valence-electron chi connectivity index (χ1n) is 7.10. The van der Waals surface area contributed by atoms with Gasteiger partial charge in [0.2, 0.25) is 5.43 Å². The number of aryl methyl sites for hydroxylation is 1. The third-order valence-electron chi connectivity index (χ3n) is 3.67. The molecule has 2 heterocycles. The third kappa shape index (κ3) is 3.00. The van der Waals surface area contributed by atoms with E-state index >= 15 is 0 Å². The van der Waals surface area contributed by atoms with Crippen LogP contribution in [0.5, 0.6) is 5.75 Å². The van der Waals surface area contributed by atoms with Gasteiger partial charge in [0.25, 0.3) is 5.91 Å². The molecule has 0 unspecified atom stereocenters. The van der Waals surface area contributed by atoms with E-state index in [0.717, 1.165) is 36.4 Å². The highest BCUT2D eigenvalue weighted by atomic mass is 16.4. The Balaban J connectivity index is 1.83. The molecule has 0 bridgehead atoms. The summed E-state index contributed by atoms with van der Waals surface area (Å²) in [4.78, 5) is 28.0. The molecule has 0 radical (unpaired) electrons. The van der Waals surface area contributed by atoms with Crippen LogP contribution in [0.25, 0.3) is 0 Å². The first-order valence-corrected chi connectivity index (χ1v) is 7.10. The van der Waals surface area contributed by atoms with Gasteiger partial charge >= 0.3 is 0 Å². The summed E-state index contributed by atoms with van der Waals surface area (Å²) in [6, 6.07) is 4.62. The lowest BCUT2D eigenvalue weighted by atomic mass is 10.1. The molecular weight excluding hydrogens is 284 g/mol. The summed E-state index contributed by atoms with van der Waals surface area (Å²) in [6.07, 6.45) is 4.64. The summed E-state index contributed by atoms with van der Waals surface area (Å²) in [5.74, 6) is -0.781. The van der Waals surface area contributed by atoms with Gasteiger partial charge in [0, 0.05) is 12.3 Å². The quantitative estimate of drug-likeness (QED) is 0.900. The van der Waals surface area contributed by atoms with Gasteiger partial charge in [-0.15, -0.1) is 0 Å². The van der Waals surface area contributed by atoms with Crippen LogP contribution in [0.3, 0.4) is 0 Å². The molecule has 3 rings (SSSR count). The third-order valence-corrected chi connectivity index (χ3v) is 3.67. The van der Waals surface area contributed by atoms with Crippen molar-refractivity contribution in [2.45, 2.75) is 25.8 Å². The molecule has 0 aromatic carbocycles. The Hall–Kier alpha value is -2.63. The van der Waals surface area contributed by atoms with E-state index in [9.17, 15) is 9.59 Å². The monoisotopic (exact) mass is 300 g/mol. The normalized spacial score (nSPS) is 15.3. The molecule has 1 fully saturated rings. The number of nitrogens with one attached hydrogen (secondary N) is 1. The fraction of sp³-hybridized carbons (Fsp3) is 0.312. The summed E-state index contributed by atoms with van der Waals surface area (Å²) < 4.78 is 4.98. The number of carbonyl (C=O) groups excluding carboxylic acids is 1. The number of aromatic hydroxyl groups is 1. The zero-order chi connectivity index (χ0) is 15.7. The molecule has 1 amide bonds. The lowest BCUT2D eigenvalue weighted by Crippen LogP contribution is -2.31. The van der Waals surface area contributed by atoms with Gasteiger partial charge in [-0.25, -0.2) is 0 Å². The van der Waals surface area contributed by atoms with Crippen LogP contribution in [0.4, 0.5) is 0 Å². The summed E-state index contributed by atoms with van der Waals surface area (Å²) in [6.45, 7) is 1.97. The van der Waals surface area contributed by atoms with Crippen molar-refractivity contribution in [3.8, 4) is 5.75 Å². The number of aromatic nitrogens is 1. The minimum absolute atomic E-state index is 0.124. The standard InChI is InChI=1S/C16H16N2O4/c1-9-4-5-17-11(6-9)15(10-2-3-10)18-16(21)14-7-12(19)13(20)8-22-14/h4-8,10,15,20H,2-3H2,1H3,(H,18,21)/t15-/m1/s1. The molecule has 2 aromatic rings. The second kappa shape index (κ2) is 5.63. The highest BCUT2D eigenvalue weighted by Gasteiger charge is 2.35. The second-order valence-corrected chi connectivity index (χ2v) is 5.54. The van der Waals surface area contributed by atoms with Crippen LogP contribution < -0.4 is 10.7 Å². The average molecular weight is 300 g/mol. The molecule has 1 aliphatic carbocycles. The van der Waals surface area contributed by atoms with E-state index < -0.39 is 17.1 Å². The summed E-state index contributed by atoms with van der Waals surface area (Å²) >= 11 is 0. The van der Waals surface area contributed by atoms with Crippen LogP contribution in [0.2, 0.25) is 0 Å². The molecule has 0 saturated heterocycles. The molecule has 22 heavy (non-hydrogen) atoms. The highest BCUT2D eigenvalue weighted by Crippen LogP contribution is 2.40. The second-order valence-electron chi connectivity index (χ2n) is 5.54. The van der Waals surface area contributed by atoms with Crippen LogP contribution in [0.15, 0.2) is 39.9 Å². The van der Waals surface area contributed by atoms with Crippen molar-refractivity contribution >= 4 is 5.91 Å². The average Bonchev–Trinajstić information content (AvgIpc) is 3.32. The van der Waals surface area contributed by atoms with Crippen molar-refractivity contribution in [1.82, 2.24) is 10.3 Å². The van der Waals surface area contributed by atoms with Crippen molar-refractivity contribution in [3.63, 3.8) is 0 Å². The smallest absolute Gasteiger partial charge is 0.287 e. The Kier molecular flexibility index (Phi) is 3.66. The lowest BCUT2D eigenvalue weighted by molar-refractivity contribution is 0.0899. The maximum absolute atomic E-state index is 12.3. The van der Waals surface area contributed by atoms with E-state index in [4.69, 9.17) is 9.52 Å². The van der Waals surface area contributed by atoms with Gasteiger partial charge in [-0.1, -0.05) is 0 Å². The van der Waals surface area contributed by atoms with Crippen LogP contribution in [0, 0.1) is 12.8 Å². The van der Waals surface area contributed by atoms with Gasteiger partial charge in [-0.3, -0.25) is 14.6 Å². The predicted molar refractivity (Wildman–Crippen MR) is 78.5 cm³/mol. The SMILES string of the molecule is Cc1ccnc([C@H](NC(=O)c2cc(=O)c(O)co2)C2CC2)c1. The van der Waals surface area contributed by atoms with E-state index in [1.165, 1.54) is 0 Å². The minimum Gasteiger partial charge on any atom is -0.502 e. The van der Waals surface area contributed by atoms with Gasteiger partial charge in [-0.2, -0.15) is 0 Å². The first-order chi connectivity index (χ1) is 10.5. The topological polar surface area (TPSA) is 92.4 Å². The van der Waals surface area contributed by atoms with Crippen molar-refractivity contribution in [2.24, 2.45) is 5.92 Å². The zero-order valence-electron chi connectivity index (χ0n) is 12.1. The number of hydrogen-bond acceptors (Lipinski definition) is 5. The number of amides is 1. The fourth-order valence-corrected chi connectivity index (χ4v) is 2.33. The fourth-order valence-electron chi connectivity index (χ4n) is 2.33. The Bertz CT molecular complexity index is 765. The van der Waals surface area contributed by atoms with E-state index in [2.05, 4.69) is 10.3 Å². The first kappa shape index (κ1) is 14.3. The maximum atomic E-state index is 12.3. The zero-order valence-corrected chi connectivity index (χ0v) is 12.1. The predicted octanol–water partition coefficient (Wildman–Crippen LogP) is 1.93. The van der Waals surface area contributed by atoms with Crippen molar-refractivity contribution in [3.05, 3.63) is 57.9 Å². The van der Waals surface area contributed by atoms with Crippen LogP contribution in [-0.2, 0) is 0 Å². The van der Waals surface area contributed by atoms with E-state index in [-0.39, 0.29) is 11.8 Å². The largest absolute Gasteiger partial charge is 0.502 e. The highest BCUT2D eigenvalue weighted by molar-refractivity contribution is 5.91. The van der Waals surface area contributed by atoms with Crippen molar-refractivity contribution in [2.75, 3.05) is 0 Å². The number of pyridine rings is 1. The summed E-state index contributed by atoms with van der Waals surface area (Å²) in [5.41, 5.74) is 1.23. The van der Waals surface area contributed by atoms with E-state index in [1.54, 1.807) is 6.20 Å². The van der Waals surface area contributed by atoms with E-state index in [1.807, 2.05) is 19.1 Å². The molecule has 1 atom stereocenters. The van der Waals surface area contributed by atoms with Crippen LogP contribution >= 0.6 is 0 Å². The molecule has 6 heteroatoms. The molecule has 2 N–H and O–H groups in total. The number of rotatable bonds is 4. The number of hydrogen-bond donors (Lipinski definition) is 2. The molecule has 2 aromatic heterocycles. The molecular formula is C16H16N2O4. The Morgan fingerprint density at radius 3 is 2.86 bits per heavy atom. The minimum atomic E-state index is -0.645. The Morgan fingerprint density at radius 1 is 1.45 bits per heavy atom. The lowest BCUT2D eigenvalue weighted by Gasteiger charge is -2.17. The molecule has 1 aliphatic rings. The summed E-state index contributed by atoms with van der Waals surface area (Å²) in [7, 11) is 0. The van der Waals surface area contributed by atoms with Crippen molar-refractivity contribution < 1.29 is 14.3 Å². The van der Waals surface area contributed by atoms with Gasteiger partial charge in [-0.05, 0) is 43.4 Å². The van der Waals surface area contributed by atoms with E-state index in [0.29, 0.717) is 5.92 Å². The maximum Gasteiger partial charge on any atom is 0.287 e. The molecule has 6 nitrogen and oxygen atoms in total. The number of nitrogens with zero attached hydrogens (tertiary/aromatic N) is 1. The molecule has 0 aliphatic heterocycles. The van der Waals surface area contributed by atoms with Crippen LogP contribution in [-0.4, -0.2) is 16.0 Å².